The van der Waals surface area contributed by atoms with Crippen molar-refractivity contribution in [3.8, 4) is 0 Å². The molecule has 1 unspecified atom stereocenters. The molecule has 2 heteroatoms. The molecule has 2 aromatic carbocycles. The van der Waals surface area contributed by atoms with Crippen LogP contribution in [-0.2, 0) is 0 Å². The summed E-state index contributed by atoms with van der Waals surface area (Å²) in [6, 6.07) is 22.2. The second kappa shape index (κ2) is 13.2. The van der Waals surface area contributed by atoms with Gasteiger partial charge in [0.15, 0.2) is 0 Å². The third-order valence-electron chi connectivity index (χ3n) is 4.60. The average Bonchev–Trinajstić information content (AvgIpc) is 2.70. The van der Waals surface area contributed by atoms with Crippen molar-refractivity contribution in [2.24, 2.45) is 0 Å². The summed E-state index contributed by atoms with van der Waals surface area (Å²) in [5.41, 5.74) is 0. The standard InChI is InChI=1S/C24H33PS/c1-3-4-5-6-7-8-9-16-21-24(26-2)25(22-17-12-10-13-18-22)23-19-14-11-15-20-23/h8-15,17-20,24H,3-7,16,21H2,1-2H3/b9-8-. The molecular formula is C24H33PS. The van der Waals surface area contributed by atoms with Crippen molar-refractivity contribution in [2.45, 2.75) is 56.9 Å². The molecule has 0 saturated heterocycles. The fourth-order valence-electron chi connectivity index (χ4n) is 3.17. The molecule has 1 atom stereocenters. The zero-order valence-corrected chi connectivity index (χ0v) is 18.0. The topological polar surface area (TPSA) is 0 Å². The Morgan fingerprint density at radius 2 is 1.38 bits per heavy atom. The SMILES string of the molecule is CCCCCC/C=C\CCC(SC)P(c1ccccc1)c1ccccc1. The number of benzene rings is 2. The summed E-state index contributed by atoms with van der Waals surface area (Å²) in [5.74, 6) is 0. The van der Waals surface area contributed by atoms with Gasteiger partial charge in [-0.1, -0.05) is 99.0 Å². The first kappa shape index (κ1) is 21.3. The minimum Gasteiger partial charge on any atom is -0.157 e. The smallest absolute Gasteiger partial charge is 0.0329 e. The van der Waals surface area contributed by atoms with Crippen LogP contribution >= 0.6 is 19.7 Å². The van der Waals surface area contributed by atoms with E-state index in [1.807, 2.05) is 11.8 Å². The highest BCUT2D eigenvalue weighted by Gasteiger charge is 2.23. The van der Waals surface area contributed by atoms with Crippen LogP contribution in [0.15, 0.2) is 72.8 Å². The fourth-order valence-corrected chi connectivity index (χ4v) is 7.48. The Morgan fingerprint density at radius 3 is 1.92 bits per heavy atom. The van der Waals surface area contributed by atoms with Crippen LogP contribution in [0, 0.1) is 0 Å². The van der Waals surface area contributed by atoms with Gasteiger partial charge in [-0.15, -0.1) is 0 Å². The van der Waals surface area contributed by atoms with Gasteiger partial charge < -0.3 is 0 Å². The molecule has 140 valence electrons. The predicted octanol–water partition coefficient (Wildman–Crippen LogP) is 7.12. The third-order valence-corrected chi connectivity index (χ3v) is 9.19. The van der Waals surface area contributed by atoms with Gasteiger partial charge in [-0.25, -0.2) is 0 Å². The maximum absolute atomic E-state index is 2.42. The molecule has 0 aliphatic heterocycles. The fraction of sp³-hybridized carbons (Fsp3) is 0.417. The van der Waals surface area contributed by atoms with Crippen molar-refractivity contribution in [2.75, 3.05) is 6.26 Å². The van der Waals surface area contributed by atoms with E-state index >= 15 is 0 Å². The van der Waals surface area contributed by atoms with Crippen molar-refractivity contribution < 1.29 is 0 Å². The van der Waals surface area contributed by atoms with E-state index < -0.39 is 0 Å². The van der Waals surface area contributed by atoms with E-state index in [0.717, 1.165) is 0 Å². The molecule has 0 N–H and O–H groups in total. The number of rotatable bonds is 12. The molecule has 0 nitrogen and oxygen atoms in total. The largest absolute Gasteiger partial charge is 0.157 e. The lowest BCUT2D eigenvalue weighted by atomic mass is 10.1. The minimum absolute atomic E-state index is 0.318. The third kappa shape index (κ3) is 7.29. The lowest BCUT2D eigenvalue weighted by Crippen LogP contribution is -2.19. The first-order valence-electron chi connectivity index (χ1n) is 9.94. The van der Waals surface area contributed by atoms with E-state index in [1.54, 1.807) is 0 Å². The highest BCUT2D eigenvalue weighted by Crippen LogP contribution is 2.46. The molecule has 2 aromatic rings. The van der Waals surface area contributed by atoms with Gasteiger partial charge in [-0.3, -0.25) is 0 Å². The first-order chi connectivity index (χ1) is 12.9. The van der Waals surface area contributed by atoms with Crippen LogP contribution in [0.1, 0.15) is 51.9 Å². The number of thioether (sulfide) groups is 1. The second-order valence-corrected chi connectivity index (χ2v) is 10.4. The van der Waals surface area contributed by atoms with Crippen molar-refractivity contribution in [3.05, 3.63) is 72.8 Å². The van der Waals surface area contributed by atoms with E-state index in [1.165, 1.54) is 55.6 Å². The van der Waals surface area contributed by atoms with Gasteiger partial charge in [-0.2, -0.15) is 11.8 Å². The molecule has 0 radical (unpaired) electrons. The monoisotopic (exact) mass is 384 g/mol. The van der Waals surface area contributed by atoms with Crippen LogP contribution in [0.2, 0.25) is 0 Å². The molecule has 0 aromatic heterocycles. The van der Waals surface area contributed by atoms with Crippen molar-refractivity contribution >= 4 is 30.3 Å². The summed E-state index contributed by atoms with van der Waals surface area (Å²) >= 11 is 2.04. The molecule has 0 heterocycles. The number of hydrogen-bond acceptors (Lipinski definition) is 1. The minimum atomic E-state index is -0.318. The zero-order valence-electron chi connectivity index (χ0n) is 16.3. The lowest BCUT2D eigenvalue weighted by molar-refractivity contribution is 0.673. The second-order valence-electron chi connectivity index (χ2n) is 6.63. The Bertz CT molecular complexity index is 569. The molecule has 0 aliphatic carbocycles. The van der Waals surface area contributed by atoms with E-state index in [9.17, 15) is 0 Å². The van der Waals surface area contributed by atoms with Crippen LogP contribution in [-0.4, -0.2) is 11.2 Å². The highest BCUT2D eigenvalue weighted by atomic mass is 32.2. The summed E-state index contributed by atoms with van der Waals surface area (Å²) in [4.78, 5) is 0.666. The molecule has 0 bridgehead atoms. The maximum atomic E-state index is 2.42. The number of unbranched alkanes of at least 4 members (excludes halogenated alkanes) is 4. The van der Waals surface area contributed by atoms with Crippen LogP contribution in [0.4, 0.5) is 0 Å². The predicted molar refractivity (Wildman–Crippen MR) is 124 cm³/mol. The summed E-state index contributed by atoms with van der Waals surface area (Å²) in [5, 5.41) is 2.99. The van der Waals surface area contributed by atoms with Crippen LogP contribution in [0.5, 0.6) is 0 Å². The van der Waals surface area contributed by atoms with Gasteiger partial charge in [0.05, 0.1) is 0 Å². The average molecular weight is 385 g/mol. The molecule has 26 heavy (non-hydrogen) atoms. The van der Waals surface area contributed by atoms with E-state index in [2.05, 4.69) is 86.0 Å². The maximum Gasteiger partial charge on any atom is 0.0329 e. The number of hydrogen-bond donors (Lipinski definition) is 0. The van der Waals surface area contributed by atoms with Crippen molar-refractivity contribution in [1.82, 2.24) is 0 Å². The van der Waals surface area contributed by atoms with Gasteiger partial charge in [0.2, 0.25) is 0 Å². The van der Waals surface area contributed by atoms with Gasteiger partial charge in [-0.05, 0) is 50.5 Å². The highest BCUT2D eigenvalue weighted by molar-refractivity contribution is 8.07. The summed E-state index contributed by atoms with van der Waals surface area (Å²) in [6.07, 6.45) is 16.2. The van der Waals surface area contributed by atoms with Crippen molar-refractivity contribution in [3.63, 3.8) is 0 Å². The van der Waals surface area contributed by atoms with Gasteiger partial charge in [0, 0.05) is 4.99 Å². The van der Waals surface area contributed by atoms with E-state index in [0.29, 0.717) is 4.99 Å². The van der Waals surface area contributed by atoms with Crippen LogP contribution < -0.4 is 10.6 Å². The molecule has 0 amide bonds. The van der Waals surface area contributed by atoms with Gasteiger partial charge in [0.25, 0.3) is 0 Å². The molecule has 0 saturated carbocycles. The number of allylic oxidation sites excluding steroid dienone is 2. The van der Waals surface area contributed by atoms with Crippen LogP contribution in [0.3, 0.4) is 0 Å². The molecule has 0 aliphatic rings. The van der Waals surface area contributed by atoms with E-state index in [-0.39, 0.29) is 7.92 Å². The molecule has 2 rings (SSSR count). The Balaban J connectivity index is 1.98. The summed E-state index contributed by atoms with van der Waals surface area (Å²) in [7, 11) is -0.318. The van der Waals surface area contributed by atoms with Gasteiger partial charge in [0.1, 0.15) is 0 Å². The molecular weight excluding hydrogens is 351 g/mol. The van der Waals surface area contributed by atoms with Crippen LogP contribution in [0.25, 0.3) is 0 Å². The zero-order chi connectivity index (χ0) is 18.5. The first-order valence-corrected chi connectivity index (χ1v) is 12.6. The Labute approximate surface area is 166 Å². The Morgan fingerprint density at radius 1 is 0.808 bits per heavy atom. The van der Waals surface area contributed by atoms with Gasteiger partial charge >= 0.3 is 0 Å². The molecule has 0 spiro atoms. The van der Waals surface area contributed by atoms with E-state index in [4.69, 9.17) is 0 Å². The Hall–Kier alpha value is -1.04. The quantitative estimate of drug-likeness (QED) is 0.213. The Kier molecular flexibility index (Phi) is 10.8. The summed E-state index contributed by atoms with van der Waals surface area (Å²) in [6.45, 7) is 2.27. The normalized spacial score (nSPS) is 12.7. The lowest BCUT2D eigenvalue weighted by Gasteiger charge is -2.27. The summed E-state index contributed by atoms with van der Waals surface area (Å²) < 4.78 is 0. The van der Waals surface area contributed by atoms with Crippen molar-refractivity contribution in [1.29, 1.82) is 0 Å². The molecule has 0 fully saturated rings.